The van der Waals surface area contributed by atoms with Gasteiger partial charge in [0.15, 0.2) is 0 Å². The third kappa shape index (κ3) is 2.82. The number of nitrogens with zero attached hydrogens (tertiary/aromatic N) is 2. The van der Waals surface area contributed by atoms with E-state index in [2.05, 4.69) is 14.7 Å². The highest BCUT2D eigenvalue weighted by Crippen LogP contribution is 2.12. The molecule has 0 bridgehead atoms. The third-order valence-electron chi connectivity index (χ3n) is 2.31. The van der Waals surface area contributed by atoms with E-state index >= 15 is 0 Å². The Morgan fingerprint density at radius 1 is 1.28 bits per heavy atom. The molecule has 18 heavy (non-hydrogen) atoms. The molecule has 92 valence electrons. The minimum Gasteiger partial charge on any atom is -0.486 e. The molecule has 2 heterocycles. The monoisotopic (exact) mass is 244 g/mol. The van der Waals surface area contributed by atoms with Gasteiger partial charge in [-0.3, -0.25) is 9.97 Å². The Balaban J connectivity index is 2.12. The van der Waals surface area contributed by atoms with Gasteiger partial charge in [-0.15, -0.1) is 0 Å². The van der Waals surface area contributed by atoms with Gasteiger partial charge in [-0.25, -0.2) is 4.79 Å². The van der Waals surface area contributed by atoms with Crippen molar-refractivity contribution in [3.8, 4) is 5.75 Å². The van der Waals surface area contributed by atoms with E-state index in [1.807, 2.05) is 0 Å². The fourth-order valence-corrected chi connectivity index (χ4v) is 1.43. The van der Waals surface area contributed by atoms with Crippen LogP contribution in [0.2, 0.25) is 0 Å². The molecular formula is C13H12N2O3. The van der Waals surface area contributed by atoms with Gasteiger partial charge in [0, 0.05) is 12.4 Å². The zero-order valence-electron chi connectivity index (χ0n) is 9.87. The molecule has 0 aliphatic carbocycles. The van der Waals surface area contributed by atoms with Crippen LogP contribution in [-0.4, -0.2) is 23.0 Å². The molecule has 2 aromatic heterocycles. The van der Waals surface area contributed by atoms with Gasteiger partial charge in [-0.1, -0.05) is 0 Å². The molecule has 0 saturated carbocycles. The van der Waals surface area contributed by atoms with Crippen molar-refractivity contribution < 1.29 is 14.3 Å². The van der Waals surface area contributed by atoms with Gasteiger partial charge in [-0.2, -0.15) is 0 Å². The summed E-state index contributed by atoms with van der Waals surface area (Å²) in [6.07, 6.45) is 4.86. The van der Waals surface area contributed by atoms with E-state index in [1.54, 1.807) is 42.9 Å². The van der Waals surface area contributed by atoms with Crippen LogP contribution in [0.5, 0.6) is 5.75 Å². The predicted molar refractivity (Wildman–Crippen MR) is 64.1 cm³/mol. The van der Waals surface area contributed by atoms with E-state index < -0.39 is 5.97 Å². The quantitative estimate of drug-likeness (QED) is 0.768. The first-order chi connectivity index (χ1) is 8.81. The number of hydrogen-bond donors (Lipinski definition) is 0. The van der Waals surface area contributed by atoms with Gasteiger partial charge >= 0.3 is 5.97 Å². The highest BCUT2D eigenvalue weighted by molar-refractivity contribution is 5.90. The molecule has 0 spiro atoms. The smallest absolute Gasteiger partial charge is 0.339 e. The number of carbonyl (C=O) groups is 1. The fraction of sp³-hybridized carbons (Fsp3) is 0.154. The summed E-state index contributed by atoms with van der Waals surface area (Å²) in [5.41, 5.74) is 0.942. The molecule has 2 aromatic rings. The largest absolute Gasteiger partial charge is 0.486 e. The van der Waals surface area contributed by atoms with E-state index in [9.17, 15) is 4.79 Å². The van der Waals surface area contributed by atoms with Crippen LogP contribution in [0.15, 0.2) is 42.9 Å². The second-order valence-corrected chi connectivity index (χ2v) is 3.47. The summed E-state index contributed by atoms with van der Waals surface area (Å²) in [4.78, 5) is 19.6. The normalized spacial score (nSPS) is 9.83. The molecular weight excluding hydrogens is 232 g/mol. The number of pyridine rings is 2. The lowest BCUT2D eigenvalue weighted by Gasteiger charge is -2.08. The van der Waals surface area contributed by atoms with E-state index in [1.165, 1.54) is 7.11 Å². The first-order valence-corrected chi connectivity index (χ1v) is 5.36. The Bertz CT molecular complexity index is 529. The molecule has 5 nitrogen and oxygen atoms in total. The second-order valence-electron chi connectivity index (χ2n) is 3.47. The van der Waals surface area contributed by atoms with Crippen molar-refractivity contribution in [1.82, 2.24) is 9.97 Å². The van der Waals surface area contributed by atoms with Crippen LogP contribution in [0.3, 0.4) is 0 Å². The summed E-state index contributed by atoms with van der Waals surface area (Å²) in [6, 6.07) is 6.89. The van der Waals surface area contributed by atoms with E-state index in [-0.39, 0.29) is 6.61 Å². The van der Waals surface area contributed by atoms with Crippen molar-refractivity contribution in [2.75, 3.05) is 7.11 Å². The average molecular weight is 244 g/mol. The molecule has 0 N–H and O–H groups in total. The molecule has 2 rings (SSSR count). The van der Waals surface area contributed by atoms with Crippen molar-refractivity contribution in [3.63, 3.8) is 0 Å². The van der Waals surface area contributed by atoms with Crippen LogP contribution >= 0.6 is 0 Å². The van der Waals surface area contributed by atoms with Gasteiger partial charge in [0.1, 0.15) is 12.4 Å². The molecule has 0 atom stereocenters. The van der Waals surface area contributed by atoms with Crippen LogP contribution in [0, 0.1) is 0 Å². The lowest BCUT2D eigenvalue weighted by Crippen LogP contribution is -2.09. The summed E-state index contributed by atoms with van der Waals surface area (Å²) in [7, 11) is 1.33. The number of esters is 1. The molecule has 0 unspecified atom stereocenters. The molecule has 5 heteroatoms. The highest BCUT2D eigenvalue weighted by Gasteiger charge is 2.12. The van der Waals surface area contributed by atoms with Crippen LogP contribution in [-0.2, 0) is 11.3 Å². The van der Waals surface area contributed by atoms with Crippen LogP contribution in [0.4, 0.5) is 0 Å². The lowest BCUT2D eigenvalue weighted by atomic mass is 10.2. The standard InChI is InChI=1S/C13H12N2O3/c1-17-13(16)11-5-3-7-15-12(11)9-18-10-4-2-6-14-8-10/h2-8H,9H2,1H3. The first kappa shape index (κ1) is 12.0. The second kappa shape index (κ2) is 5.77. The number of methoxy groups -OCH3 is 1. The van der Waals surface area contributed by atoms with Crippen molar-refractivity contribution in [1.29, 1.82) is 0 Å². The summed E-state index contributed by atoms with van der Waals surface area (Å²) >= 11 is 0. The molecule has 0 saturated heterocycles. The maximum absolute atomic E-state index is 11.5. The zero-order chi connectivity index (χ0) is 12.8. The van der Waals surface area contributed by atoms with Crippen molar-refractivity contribution in [2.45, 2.75) is 6.61 Å². The molecule has 0 aliphatic rings. The van der Waals surface area contributed by atoms with E-state index in [0.717, 1.165) is 0 Å². The van der Waals surface area contributed by atoms with Crippen LogP contribution in [0.25, 0.3) is 0 Å². The predicted octanol–water partition coefficient (Wildman–Crippen LogP) is 1.84. The first-order valence-electron chi connectivity index (χ1n) is 5.36. The number of hydrogen-bond acceptors (Lipinski definition) is 5. The van der Waals surface area contributed by atoms with Crippen LogP contribution in [0.1, 0.15) is 16.1 Å². The number of rotatable bonds is 4. The summed E-state index contributed by atoms with van der Waals surface area (Å²) in [5.74, 6) is 0.201. The Kier molecular flexibility index (Phi) is 3.86. The topological polar surface area (TPSA) is 61.3 Å². The summed E-state index contributed by atoms with van der Waals surface area (Å²) in [6.45, 7) is 0.191. The maximum Gasteiger partial charge on any atom is 0.339 e. The summed E-state index contributed by atoms with van der Waals surface area (Å²) in [5, 5.41) is 0. The molecule has 0 aromatic carbocycles. The molecule has 0 aliphatic heterocycles. The van der Waals surface area contributed by atoms with Crippen molar-refractivity contribution >= 4 is 5.97 Å². The maximum atomic E-state index is 11.5. The molecule has 0 radical (unpaired) electrons. The third-order valence-corrected chi connectivity index (χ3v) is 2.31. The zero-order valence-corrected chi connectivity index (χ0v) is 9.87. The molecule has 0 fully saturated rings. The van der Waals surface area contributed by atoms with Crippen molar-refractivity contribution in [2.24, 2.45) is 0 Å². The minimum atomic E-state index is -0.423. The van der Waals surface area contributed by atoms with E-state index in [4.69, 9.17) is 4.74 Å². The number of carbonyl (C=O) groups excluding carboxylic acids is 1. The van der Waals surface area contributed by atoms with E-state index in [0.29, 0.717) is 17.0 Å². The Hall–Kier alpha value is -2.43. The minimum absolute atomic E-state index is 0.191. The highest BCUT2D eigenvalue weighted by atomic mass is 16.5. The van der Waals surface area contributed by atoms with Gasteiger partial charge < -0.3 is 9.47 Å². The van der Waals surface area contributed by atoms with Gasteiger partial charge in [0.25, 0.3) is 0 Å². The van der Waals surface area contributed by atoms with Crippen molar-refractivity contribution in [3.05, 3.63) is 54.1 Å². The lowest BCUT2D eigenvalue weighted by molar-refractivity contribution is 0.0597. The Labute approximate surface area is 104 Å². The molecule has 0 amide bonds. The Morgan fingerprint density at radius 2 is 2.11 bits per heavy atom. The Morgan fingerprint density at radius 3 is 2.83 bits per heavy atom. The summed E-state index contributed by atoms with van der Waals surface area (Å²) < 4.78 is 10.2. The number of ether oxygens (including phenoxy) is 2. The van der Waals surface area contributed by atoms with Gasteiger partial charge in [0.05, 0.1) is 24.6 Å². The van der Waals surface area contributed by atoms with Gasteiger partial charge in [-0.05, 0) is 24.3 Å². The average Bonchev–Trinajstić information content (AvgIpc) is 2.45. The fourth-order valence-electron chi connectivity index (χ4n) is 1.43. The SMILES string of the molecule is COC(=O)c1cccnc1COc1cccnc1. The van der Waals surface area contributed by atoms with Gasteiger partial charge in [0.2, 0.25) is 0 Å². The number of aromatic nitrogens is 2. The van der Waals surface area contributed by atoms with Crippen LogP contribution < -0.4 is 4.74 Å².